The van der Waals surface area contributed by atoms with E-state index in [0.717, 1.165) is 12.5 Å². The zero-order chi connectivity index (χ0) is 10.8. The minimum Gasteiger partial charge on any atom is -0.381 e. The number of hydrogen-bond acceptors (Lipinski definition) is 2. The molecule has 1 unspecified atom stereocenters. The van der Waals surface area contributed by atoms with Crippen LogP contribution in [0.3, 0.4) is 0 Å². The predicted octanol–water partition coefficient (Wildman–Crippen LogP) is 2.44. The molecule has 0 amide bonds. The van der Waals surface area contributed by atoms with Crippen LogP contribution in [0.25, 0.3) is 0 Å². The lowest BCUT2D eigenvalue weighted by atomic mass is 9.81. The molecule has 1 atom stereocenters. The Morgan fingerprint density at radius 1 is 1.36 bits per heavy atom. The third-order valence-corrected chi connectivity index (χ3v) is 3.62. The summed E-state index contributed by atoms with van der Waals surface area (Å²) in [7, 11) is 1.80. The molecular formula is C12H25NO. The van der Waals surface area contributed by atoms with E-state index in [4.69, 9.17) is 4.74 Å². The zero-order valence-corrected chi connectivity index (χ0v) is 10.3. The Kier molecular flexibility index (Phi) is 3.96. The van der Waals surface area contributed by atoms with Crippen LogP contribution >= 0.6 is 0 Å². The lowest BCUT2D eigenvalue weighted by Crippen LogP contribution is -2.47. The molecule has 0 aromatic rings. The largest absolute Gasteiger partial charge is 0.381 e. The Morgan fingerprint density at radius 2 is 1.93 bits per heavy atom. The summed E-state index contributed by atoms with van der Waals surface area (Å²) in [5.41, 5.74) is 0.414. The molecule has 0 bridgehead atoms. The molecule has 2 nitrogen and oxygen atoms in total. The summed E-state index contributed by atoms with van der Waals surface area (Å²) in [5.74, 6) is 0.726. The van der Waals surface area contributed by atoms with Crippen LogP contribution in [0.1, 0.15) is 40.5 Å². The second kappa shape index (κ2) is 4.63. The predicted molar refractivity (Wildman–Crippen MR) is 60.4 cm³/mol. The van der Waals surface area contributed by atoms with Crippen molar-refractivity contribution in [2.75, 3.05) is 13.7 Å². The van der Waals surface area contributed by atoms with Crippen LogP contribution in [-0.4, -0.2) is 25.8 Å². The minimum absolute atomic E-state index is 0.414. The highest BCUT2D eigenvalue weighted by molar-refractivity contribution is 4.86. The van der Waals surface area contributed by atoms with Crippen LogP contribution in [-0.2, 0) is 4.74 Å². The van der Waals surface area contributed by atoms with Gasteiger partial charge in [-0.25, -0.2) is 0 Å². The molecule has 0 heterocycles. The van der Waals surface area contributed by atoms with Crippen molar-refractivity contribution in [3.05, 3.63) is 0 Å². The quantitative estimate of drug-likeness (QED) is 0.751. The SMILES string of the molecule is COC1CC(NCC(C)C(C)(C)C)C1. The van der Waals surface area contributed by atoms with Crippen LogP contribution in [0.2, 0.25) is 0 Å². The van der Waals surface area contributed by atoms with Crippen molar-refractivity contribution in [1.82, 2.24) is 5.32 Å². The normalized spacial score (nSPS) is 29.8. The molecule has 1 aliphatic carbocycles. The molecule has 2 heteroatoms. The summed E-state index contributed by atoms with van der Waals surface area (Å²) in [5, 5.41) is 3.61. The van der Waals surface area contributed by atoms with E-state index in [2.05, 4.69) is 33.0 Å². The first-order valence-electron chi connectivity index (χ1n) is 5.69. The maximum atomic E-state index is 5.25. The van der Waals surface area contributed by atoms with Crippen LogP contribution in [0, 0.1) is 11.3 Å². The van der Waals surface area contributed by atoms with Gasteiger partial charge in [0.25, 0.3) is 0 Å². The second-order valence-electron chi connectivity index (χ2n) is 5.70. The van der Waals surface area contributed by atoms with Crippen LogP contribution < -0.4 is 5.32 Å². The summed E-state index contributed by atoms with van der Waals surface area (Å²) in [4.78, 5) is 0. The summed E-state index contributed by atoms with van der Waals surface area (Å²) in [6.07, 6.45) is 2.89. The van der Waals surface area contributed by atoms with Crippen LogP contribution in [0.5, 0.6) is 0 Å². The first kappa shape index (κ1) is 12.0. The molecule has 0 aromatic carbocycles. The van der Waals surface area contributed by atoms with Gasteiger partial charge >= 0.3 is 0 Å². The fraction of sp³-hybridized carbons (Fsp3) is 1.00. The smallest absolute Gasteiger partial charge is 0.0601 e. The van der Waals surface area contributed by atoms with E-state index in [0.29, 0.717) is 17.6 Å². The second-order valence-corrected chi connectivity index (χ2v) is 5.70. The average Bonchev–Trinajstić information content (AvgIpc) is 1.99. The minimum atomic E-state index is 0.414. The molecule has 0 aromatic heterocycles. The van der Waals surface area contributed by atoms with Gasteiger partial charge in [0, 0.05) is 13.2 Å². The number of methoxy groups -OCH3 is 1. The van der Waals surface area contributed by atoms with Crippen molar-refractivity contribution in [1.29, 1.82) is 0 Å². The van der Waals surface area contributed by atoms with Crippen molar-refractivity contribution in [2.45, 2.75) is 52.7 Å². The molecule has 0 saturated heterocycles. The number of hydrogen-bond donors (Lipinski definition) is 1. The lowest BCUT2D eigenvalue weighted by Gasteiger charge is -2.37. The Balaban J connectivity index is 2.11. The Labute approximate surface area is 88.4 Å². The van der Waals surface area contributed by atoms with E-state index < -0.39 is 0 Å². The molecule has 0 spiro atoms. The third kappa shape index (κ3) is 3.25. The molecule has 1 rings (SSSR count). The summed E-state index contributed by atoms with van der Waals surface area (Å²) in [6, 6.07) is 0.699. The summed E-state index contributed by atoms with van der Waals surface area (Å²) < 4.78 is 5.25. The fourth-order valence-corrected chi connectivity index (χ4v) is 1.57. The molecule has 84 valence electrons. The maximum Gasteiger partial charge on any atom is 0.0601 e. The van der Waals surface area contributed by atoms with Gasteiger partial charge in [0.05, 0.1) is 6.10 Å². The van der Waals surface area contributed by atoms with Gasteiger partial charge in [-0.05, 0) is 30.7 Å². The number of nitrogens with one attached hydrogen (secondary N) is 1. The van der Waals surface area contributed by atoms with Gasteiger partial charge in [0.15, 0.2) is 0 Å². The van der Waals surface area contributed by atoms with Crippen molar-refractivity contribution in [3.63, 3.8) is 0 Å². The fourth-order valence-electron chi connectivity index (χ4n) is 1.57. The van der Waals surface area contributed by atoms with E-state index in [9.17, 15) is 0 Å². The molecule has 1 N–H and O–H groups in total. The molecule has 0 radical (unpaired) electrons. The van der Waals surface area contributed by atoms with Gasteiger partial charge in [0.1, 0.15) is 0 Å². The average molecular weight is 199 g/mol. The Morgan fingerprint density at radius 3 is 2.36 bits per heavy atom. The highest BCUT2D eigenvalue weighted by atomic mass is 16.5. The van der Waals surface area contributed by atoms with Gasteiger partial charge in [-0.3, -0.25) is 0 Å². The number of ether oxygens (including phenoxy) is 1. The molecular weight excluding hydrogens is 174 g/mol. The van der Waals surface area contributed by atoms with E-state index in [1.54, 1.807) is 7.11 Å². The van der Waals surface area contributed by atoms with Crippen molar-refractivity contribution in [2.24, 2.45) is 11.3 Å². The van der Waals surface area contributed by atoms with Gasteiger partial charge in [-0.1, -0.05) is 27.7 Å². The van der Waals surface area contributed by atoms with Gasteiger partial charge in [0.2, 0.25) is 0 Å². The van der Waals surface area contributed by atoms with Crippen molar-refractivity contribution in [3.8, 4) is 0 Å². The Bertz CT molecular complexity index is 168. The molecule has 1 saturated carbocycles. The van der Waals surface area contributed by atoms with Crippen molar-refractivity contribution >= 4 is 0 Å². The highest BCUT2D eigenvalue weighted by Gasteiger charge is 2.29. The number of rotatable bonds is 4. The van der Waals surface area contributed by atoms with Crippen LogP contribution in [0.15, 0.2) is 0 Å². The first-order valence-corrected chi connectivity index (χ1v) is 5.69. The lowest BCUT2D eigenvalue weighted by molar-refractivity contribution is 0.0152. The molecule has 1 aliphatic rings. The first-order chi connectivity index (χ1) is 6.43. The standard InChI is InChI=1S/C12H25NO/c1-9(12(2,3)4)8-13-10-6-11(7-10)14-5/h9-11,13H,6-8H2,1-5H3. The van der Waals surface area contributed by atoms with Crippen LogP contribution in [0.4, 0.5) is 0 Å². The van der Waals surface area contributed by atoms with Gasteiger partial charge < -0.3 is 10.1 Å². The van der Waals surface area contributed by atoms with E-state index in [1.165, 1.54) is 12.8 Å². The zero-order valence-electron chi connectivity index (χ0n) is 10.3. The third-order valence-electron chi connectivity index (χ3n) is 3.62. The van der Waals surface area contributed by atoms with E-state index >= 15 is 0 Å². The maximum absolute atomic E-state index is 5.25. The topological polar surface area (TPSA) is 21.3 Å². The molecule has 1 fully saturated rings. The van der Waals surface area contributed by atoms with Gasteiger partial charge in [-0.2, -0.15) is 0 Å². The summed E-state index contributed by atoms with van der Waals surface area (Å²) in [6.45, 7) is 10.4. The Hall–Kier alpha value is -0.0800. The van der Waals surface area contributed by atoms with E-state index in [1.807, 2.05) is 0 Å². The van der Waals surface area contributed by atoms with Crippen molar-refractivity contribution < 1.29 is 4.74 Å². The highest BCUT2D eigenvalue weighted by Crippen LogP contribution is 2.26. The monoisotopic (exact) mass is 199 g/mol. The molecule has 14 heavy (non-hydrogen) atoms. The van der Waals surface area contributed by atoms with E-state index in [-0.39, 0.29) is 0 Å². The summed E-state index contributed by atoms with van der Waals surface area (Å²) >= 11 is 0. The van der Waals surface area contributed by atoms with Gasteiger partial charge in [-0.15, -0.1) is 0 Å². The molecule has 0 aliphatic heterocycles.